The average molecular weight is 289 g/mol. The van der Waals surface area contributed by atoms with Gasteiger partial charge >= 0.3 is 0 Å². The molecule has 0 radical (unpaired) electrons. The van der Waals surface area contributed by atoms with Crippen LogP contribution in [-0.2, 0) is 6.54 Å². The number of benzene rings is 1. The van der Waals surface area contributed by atoms with Crippen LogP contribution in [0.4, 0.5) is 4.39 Å². The van der Waals surface area contributed by atoms with Crippen molar-refractivity contribution in [2.24, 2.45) is 10.9 Å². The number of nitrogens with zero attached hydrogens (tertiary/aromatic N) is 3. The van der Waals surface area contributed by atoms with E-state index in [0.29, 0.717) is 12.3 Å². The van der Waals surface area contributed by atoms with Crippen LogP contribution in [0, 0.1) is 5.92 Å². The fraction of sp³-hybridized carbons (Fsp3) is 0.588. The number of hydrogen-bond donors (Lipinski definition) is 0. The molecule has 1 saturated heterocycles. The molecule has 0 N–H and O–H groups in total. The van der Waals surface area contributed by atoms with Crippen LogP contribution < -0.4 is 0 Å². The second-order valence-corrected chi connectivity index (χ2v) is 6.02. The van der Waals surface area contributed by atoms with Gasteiger partial charge in [-0.1, -0.05) is 30.3 Å². The van der Waals surface area contributed by atoms with E-state index in [2.05, 4.69) is 40.1 Å². The van der Waals surface area contributed by atoms with Crippen LogP contribution in [0.5, 0.6) is 0 Å². The molecule has 0 saturated carbocycles. The Kier molecular flexibility index (Phi) is 4.73. The van der Waals surface area contributed by atoms with Crippen molar-refractivity contribution >= 4 is 5.96 Å². The summed E-state index contributed by atoms with van der Waals surface area (Å²) in [6.07, 6.45) is 3.01. The highest BCUT2D eigenvalue weighted by molar-refractivity contribution is 5.81. The minimum Gasteiger partial charge on any atom is -0.343 e. The summed E-state index contributed by atoms with van der Waals surface area (Å²) in [5.41, 5.74) is 1.32. The zero-order valence-electron chi connectivity index (χ0n) is 12.5. The minimum absolute atomic E-state index is 0.196. The zero-order valence-corrected chi connectivity index (χ0v) is 12.5. The number of hydrogen-bond acceptors (Lipinski definition) is 3. The number of rotatable bonds is 4. The molecule has 2 aliphatic rings. The maximum Gasteiger partial charge on any atom is 0.197 e. The molecule has 0 spiro atoms. The molecule has 1 fully saturated rings. The summed E-state index contributed by atoms with van der Waals surface area (Å²) in [7, 11) is 0. The standard InChI is InChI=1S/C17H24FN3/c18-9-8-16-7-4-11-20(14-16)17-19-10-12-21(17)13-15-5-2-1-3-6-15/h1-3,5-6,16H,4,7-14H2. The third kappa shape index (κ3) is 3.55. The molecule has 2 aliphatic heterocycles. The summed E-state index contributed by atoms with van der Waals surface area (Å²) in [6.45, 7) is 4.63. The molecule has 1 unspecified atom stereocenters. The van der Waals surface area contributed by atoms with E-state index in [1.807, 2.05) is 0 Å². The van der Waals surface area contributed by atoms with Crippen molar-refractivity contribution in [2.75, 3.05) is 32.9 Å². The second-order valence-electron chi connectivity index (χ2n) is 6.02. The highest BCUT2D eigenvalue weighted by atomic mass is 19.1. The van der Waals surface area contributed by atoms with Gasteiger partial charge in [-0.2, -0.15) is 0 Å². The topological polar surface area (TPSA) is 18.8 Å². The third-order valence-corrected chi connectivity index (χ3v) is 4.44. The summed E-state index contributed by atoms with van der Waals surface area (Å²) in [5.74, 6) is 1.62. The highest BCUT2D eigenvalue weighted by Crippen LogP contribution is 2.22. The molecule has 1 atom stereocenters. The van der Waals surface area contributed by atoms with Crippen LogP contribution in [-0.4, -0.2) is 48.6 Å². The number of alkyl halides is 1. The lowest BCUT2D eigenvalue weighted by Gasteiger charge is -2.37. The van der Waals surface area contributed by atoms with Crippen molar-refractivity contribution in [3.63, 3.8) is 0 Å². The van der Waals surface area contributed by atoms with Crippen molar-refractivity contribution in [2.45, 2.75) is 25.8 Å². The van der Waals surface area contributed by atoms with Gasteiger partial charge in [0.05, 0.1) is 13.2 Å². The molecule has 3 nitrogen and oxygen atoms in total. The maximum absolute atomic E-state index is 12.6. The lowest BCUT2D eigenvalue weighted by atomic mass is 9.95. The second kappa shape index (κ2) is 6.92. The van der Waals surface area contributed by atoms with Gasteiger partial charge in [0.2, 0.25) is 0 Å². The molecule has 21 heavy (non-hydrogen) atoms. The van der Waals surface area contributed by atoms with E-state index in [9.17, 15) is 4.39 Å². The lowest BCUT2D eigenvalue weighted by molar-refractivity contribution is 0.213. The van der Waals surface area contributed by atoms with E-state index in [4.69, 9.17) is 4.99 Å². The van der Waals surface area contributed by atoms with Crippen LogP contribution in [0.2, 0.25) is 0 Å². The van der Waals surface area contributed by atoms with Gasteiger partial charge in [0, 0.05) is 26.2 Å². The first-order valence-electron chi connectivity index (χ1n) is 8.01. The van der Waals surface area contributed by atoms with Gasteiger partial charge in [-0.3, -0.25) is 9.38 Å². The molecule has 0 aromatic heterocycles. The van der Waals surface area contributed by atoms with Crippen LogP contribution >= 0.6 is 0 Å². The summed E-state index contributed by atoms with van der Waals surface area (Å²) >= 11 is 0. The Morgan fingerprint density at radius 2 is 2.05 bits per heavy atom. The first-order chi connectivity index (χ1) is 10.4. The quantitative estimate of drug-likeness (QED) is 0.848. The Balaban J connectivity index is 1.63. The molecule has 2 heterocycles. The monoisotopic (exact) mass is 289 g/mol. The van der Waals surface area contributed by atoms with Crippen molar-refractivity contribution in [3.05, 3.63) is 35.9 Å². The highest BCUT2D eigenvalue weighted by Gasteiger charge is 2.27. The summed E-state index contributed by atoms with van der Waals surface area (Å²) in [5, 5.41) is 0. The number of piperidine rings is 1. The molecular formula is C17H24FN3. The van der Waals surface area contributed by atoms with Crippen molar-refractivity contribution < 1.29 is 4.39 Å². The predicted molar refractivity (Wildman–Crippen MR) is 84.0 cm³/mol. The molecule has 1 aromatic rings. The smallest absolute Gasteiger partial charge is 0.197 e. The van der Waals surface area contributed by atoms with E-state index in [1.165, 1.54) is 5.56 Å². The third-order valence-electron chi connectivity index (χ3n) is 4.44. The Hall–Kier alpha value is -1.58. The number of aliphatic imine (C=N–C) groups is 1. The van der Waals surface area contributed by atoms with Gasteiger partial charge in [-0.05, 0) is 30.7 Å². The number of likely N-dealkylation sites (tertiary alicyclic amines) is 1. The maximum atomic E-state index is 12.6. The Morgan fingerprint density at radius 1 is 1.19 bits per heavy atom. The van der Waals surface area contributed by atoms with Crippen molar-refractivity contribution in [3.8, 4) is 0 Å². The molecule has 0 amide bonds. The Morgan fingerprint density at radius 3 is 2.86 bits per heavy atom. The number of guanidine groups is 1. The molecule has 1 aromatic carbocycles. The van der Waals surface area contributed by atoms with Gasteiger partial charge in [0.15, 0.2) is 5.96 Å². The van der Waals surface area contributed by atoms with Gasteiger partial charge in [0.1, 0.15) is 0 Å². The number of halogens is 1. The Labute approximate surface area is 126 Å². The van der Waals surface area contributed by atoms with Crippen molar-refractivity contribution in [1.82, 2.24) is 9.80 Å². The first kappa shape index (κ1) is 14.4. The van der Waals surface area contributed by atoms with Crippen LogP contribution in [0.15, 0.2) is 35.3 Å². The molecular weight excluding hydrogens is 265 g/mol. The lowest BCUT2D eigenvalue weighted by Crippen LogP contribution is -2.46. The van der Waals surface area contributed by atoms with E-state index >= 15 is 0 Å². The van der Waals surface area contributed by atoms with Gasteiger partial charge in [-0.15, -0.1) is 0 Å². The molecule has 114 valence electrons. The SMILES string of the molecule is FCCC1CCCN(C2=NCCN2Cc2ccccc2)C1. The van der Waals surface area contributed by atoms with Crippen LogP contribution in [0.1, 0.15) is 24.8 Å². The molecule has 0 bridgehead atoms. The van der Waals surface area contributed by atoms with Crippen LogP contribution in [0.25, 0.3) is 0 Å². The van der Waals surface area contributed by atoms with Crippen molar-refractivity contribution in [1.29, 1.82) is 0 Å². The van der Waals surface area contributed by atoms with Crippen LogP contribution in [0.3, 0.4) is 0 Å². The summed E-state index contributed by atoms with van der Waals surface area (Å²) < 4.78 is 12.6. The molecule has 0 aliphatic carbocycles. The minimum atomic E-state index is -0.196. The summed E-state index contributed by atoms with van der Waals surface area (Å²) in [6, 6.07) is 10.5. The van der Waals surface area contributed by atoms with E-state index < -0.39 is 0 Å². The van der Waals surface area contributed by atoms with E-state index in [-0.39, 0.29) is 6.67 Å². The fourth-order valence-corrected chi connectivity index (χ4v) is 3.36. The zero-order chi connectivity index (χ0) is 14.5. The van der Waals surface area contributed by atoms with Gasteiger partial charge < -0.3 is 9.80 Å². The first-order valence-corrected chi connectivity index (χ1v) is 8.01. The van der Waals surface area contributed by atoms with Gasteiger partial charge in [-0.25, -0.2) is 0 Å². The Bertz CT molecular complexity index is 472. The van der Waals surface area contributed by atoms with Gasteiger partial charge in [0.25, 0.3) is 0 Å². The van der Waals surface area contributed by atoms with E-state index in [0.717, 1.165) is 51.5 Å². The normalized spacial score (nSPS) is 22.5. The molecule has 3 rings (SSSR count). The predicted octanol–water partition coefficient (Wildman–Crippen LogP) is 2.93. The largest absolute Gasteiger partial charge is 0.343 e. The van der Waals surface area contributed by atoms with E-state index in [1.54, 1.807) is 0 Å². The average Bonchev–Trinajstić information content (AvgIpc) is 2.97. The fourth-order valence-electron chi connectivity index (χ4n) is 3.36. The molecule has 4 heteroatoms. The summed E-state index contributed by atoms with van der Waals surface area (Å²) in [4.78, 5) is 9.45.